The van der Waals surface area contributed by atoms with Gasteiger partial charge in [-0.2, -0.15) is 0 Å². The molecule has 0 aliphatic carbocycles. The summed E-state index contributed by atoms with van der Waals surface area (Å²) in [5, 5.41) is 3.46. The maximum Gasteiger partial charge on any atom is 0.175 e. The number of aromatic amines is 1. The minimum absolute atomic E-state index is 0.262. The molecular formula is C25H25BrFN3O2. The van der Waals surface area contributed by atoms with Gasteiger partial charge in [0.05, 0.1) is 22.1 Å². The van der Waals surface area contributed by atoms with E-state index in [1.54, 1.807) is 12.1 Å². The number of hydrogen-bond acceptors (Lipinski definition) is 4. The molecule has 32 heavy (non-hydrogen) atoms. The number of H-pyrrole nitrogens is 1. The van der Waals surface area contributed by atoms with Crippen LogP contribution in [0.25, 0.3) is 11.0 Å². The van der Waals surface area contributed by atoms with Crippen LogP contribution in [0, 0.1) is 5.82 Å². The number of halogens is 2. The monoisotopic (exact) mass is 497 g/mol. The van der Waals surface area contributed by atoms with E-state index in [4.69, 9.17) is 9.47 Å². The molecule has 0 unspecified atom stereocenters. The Morgan fingerprint density at radius 3 is 2.62 bits per heavy atom. The number of rotatable bonds is 10. The molecule has 0 aliphatic heterocycles. The van der Waals surface area contributed by atoms with Crippen molar-refractivity contribution < 1.29 is 13.9 Å². The van der Waals surface area contributed by atoms with E-state index in [1.807, 2.05) is 43.3 Å². The number of imidazole rings is 1. The molecule has 7 heteroatoms. The van der Waals surface area contributed by atoms with Gasteiger partial charge in [-0.25, -0.2) is 9.37 Å². The lowest BCUT2D eigenvalue weighted by Gasteiger charge is -2.16. The van der Waals surface area contributed by atoms with Crippen molar-refractivity contribution in [3.8, 4) is 11.5 Å². The van der Waals surface area contributed by atoms with Gasteiger partial charge in [0, 0.05) is 19.5 Å². The van der Waals surface area contributed by atoms with E-state index in [1.165, 1.54) is 12.1 Å². The van der Waals surface area contributed by atoms with Crippen molar-refractivity contribution in [1.29, 1.82) is 0 Å². The van der Waals surface area contributed by atoms with Gasteiger partial charge in [0.25, 0.3) is 0 Å². The summed E-state index contributed by atoms with van der Waals surface area (Å²) in [4.78, 5) is 7.96. The molecule has 0 atom stereocenters. The molecule has 0 radical (unpaired) electrons. The van der Waals surface area contributed by atoms with Gasteiger partial charge in [-0.3, -0.25) is 0 Å². The summed E-state index contributed by atoms with van der Waals surface area (Å²) in [6.45, 7) is 4.29. The number of nitrogens with zero attached hydrogens (tertiary/aromatic N) is 1. The van der Waals surface area contributed by atoms with Gasteiger partial charge in [0.1, 0.15) is 18.2 Å². The smallest absolute Gasteiger partial charge is 0.175 e. The fourth-order valence-electron chi connectivity index (χ4n) is 3.43. The number of hydrogen-bond donors (Lipinski definition) is 2. The van der Waals surface area contributed by atoms with E-state index in [0.717, 1.165) is 45.4 Å². The molecule has 0 aliphatic rings. The van der Waals surface area contributed by atoms with Crippen molar-refractivity contribution in [3.05, 3.63) is 87.9 Å². The van der Waals surface area contributed by atoms with E-state index < -0.39 is 0 Å². The Bertz CT molecular complexity index is 1140. The number of nitrogens with one attached hydrogen (secondary N) is 2. The summed E-state index contributed by atoms with van der Waals surface area (Å²) in [5.74, 6) is 2.03. The normalized spacial score (nSPS) is 11.1. The van der Waals surface area contributed by atoms with Crippen LogP contribution in [0.3, 0.4) is 0 Å². The average Bonchev–Trinajstić information content (AvgIpc) is 3.20. The highest BCUT2D eigenvalue weighted by atomic mass is 79.9. The first kappa shape index (κ1) is 22.3. The lowest BCUT2D eigenvalue weighted by Crippen LogP contribution is -2.17. The minimum Gasteiger partial charge on any atom is -0.490 e. The van der Waals surface area contributed by atoms with Gasteiger partial charge in [-0.05, 0) is 70.4 Å². The van der Waals surface area contributed by atoms with E-state index in [9.17, 15) is 4.39 Å². The average molecular weight is 498 g/mol. The van der Waals surface area contributed by atoms with Crippen LogP contribution in [0.2, 0.25) is 0 Å². The first-order valence-electron chi connectivity index (χ1n) is 10.6. The van der Waals surface area contributed by atoms with Gasteiger partial charge < -0.3 is 19.8 Å². The highest BCUT2D eigenvalue weighted by Crippen LogP contribution is 2.37. The van der Waals surface area contributed by atoms with Gasteiger partial charge in [-0.15, -0.1) is 0 Å². The Kier molecular flexibility index (Phi) is 7.39. The van der Waals surface area contributed by atoms with Crippen LogP contribution in [0.4, 0.5) is 4.39 Å². The Balaban J connectivity index is 1.36. The Labute approximate surface area is 195 Å². The lowest BCUT2D eigenvalue weighted by atomic mass is 10.2. The second-order valence-corrected chi connectivity index (χ2v) is 8.23. The molecule has 4 rings (SSSR count). The van der Waals surface area contributed by atoms with E-state index in [2.05, 4.69) is 31.2 Å². The van der Waals surface area contributed by atoms with Crippen LogP contribution in [-0.4, -0.2) is 23.1 Å². The first-order valence-corrected chi connectivity index (χ1v) is 11.4. The summed E-state index contributed by atoms with van der Waals surface area (Å²) in [6, 6.07) is 18.3. The lowest BCUT2D eigenvalue weighted by molar-refractivity contribution is 0.267. The molecule has 4 aromatic rings. The predicted octanol–water partition coefficient (Wildman–Crippen LogP) is 5.77. The number of ether oxygens (including phenoxy) is 2. The van der Waals surface area contributed by atoms with Crippen LogP contribution >= 0.6 is 15.9 Å². The number of benzene rings is 3. The zero-order chi connectivity index (χ0) is 22.3. The summed E-state index contributed by atoms with van der Waals surface area (Å²) in [7, 11) is 0. The molecule has 0 spiro atoms. The van der Waals surface area contributed by atoms with Gasteiger partial charge in [0.2, 0.25) is 0 Å². The van der Waals surface area contributed by atoms with Crippen molar-refractivity contribution >= 4 is 27.0 Å². The molecule has 0 amide bonds. The molecule has 0 saturated heterocycles. The van der Waals surface area contributed by atoms with Crippen molar-refractivity contribution in [2.24, 2.45) is 0 Å². The highest BCUT2D eigenvalue weighted by molar-refractivity contribution is 9.10. The van der Waals surface area contributed by atoms with Crippen LogP contribution in [0.5, 0.6) is 11.5 Å². The van der Waals surface area contributed by atoms with Gasteiger partial charge in [0.15, 0.2) is 11.5 Å². The van der Waals surface area contributed by atoms with Crippen molar-refractivity contribution in [3.63, 3.8) is 0 Å². The number of para-hydroxylation sites is 2. The van der Waals surface area contributed by atoms with Gasteiger partial charge >= 0.3 is 0 Å². The van der Waals surface area contributed by atoms with Crippen LogP contribution < -0.4 is 14.8 Å². The second kappa shape index (κ2) is 10.6. The minimum atomic E-state index is -0.262. The highest BCUT2D eigenvalue weighted by Gasteiger charge is 2.13. The SMILES string of the molecule is CCOc1cc(CNCCc2nc3ccccc3[nH]2)cc(Br)c1OCc1ccc(F)cc1. The van der Waals surface area contributed by atoms with E-state index >= 15 is 0 Å². The third-order valence-corrected chi connectivity index (χ3v) is 5.56. The summed E-state index contributed by atoms with van der Waals surface area (Å²) < 4.78 is 25.7. The number of fused-ring (bicyclic) bond motifs is 1. The van der Waals surface area contributed by atoms with Crippen molar-refractivity contribution in [2.75, 3.05) is 13.2 Å². The van der Waals surface area contributed by atoms with Crippen LogP contribution in [-0.2, 0) is 19.6 Å². The molecule has 2 N–H and O–H groups in total. The summed E-state index contributed by atoms with van der Waals surface area (Å²) in [5.41, 5.74) is 4.02. The Hall–Kier alpha value is -2.90. The Morgan fingerprint density at radius 1 is 1.03 bits per heavy atom. The van der Waals surface area contributed by atoms with Crippen molar-refractivity contribution in [2.45, 2.75) is 26.5 Å². The van der Waals surface area contributed by atoms with Gasteiger partial charge in [-0.1, -0.05) is 24.3 Å². The summed E-state index contributed by atoms with van der Waals surface area (Å²) >= 11 is 3.61. The molecule has 3 aromatic carbocycles. The topological polar surface area (TPSA) is 59.2 Å². The summed E-state index contributed by atoms with van der Waals surface area (Å²) in [6.07, 6.45) is 0.813. The van der Waals surface area contributed by atoms with Crippen LogP contribution in [0.1, 0.15) is 23.9 Å². The fourth-order valence-corrected chi connectivity index (χ4v) is 4.03. The molecule has 1 heterocycles. The molecule has 0 bridgehead atoms. The third kappa shape index (κ3) is 5.66. The molecule has 166 valence electrons. The molecule has 0 fully saturated rings. The zero-order valence-corrected chi connectivity index (χ0v) is 19.4. The number of aromatic nitrogens is 2. The quantitative estimate of drug-likeness (QED) is 0.273. The second-order valence-electron chi connectivity index (χ2n) is 7.38. The van der Waals surface area contributed by atoms with E-state index in [0.29, 0.717) is 31.3 Å². The van der Waals surface area contributed by atoms with E-state index in [-0.39, 0.29) is 5.82 Å². The Morgan fingerprint density at radius 2 is 1.84 bits per heavy atom. The predicted molar refractivity (Wildman–Crippen MR) is 128 cm³/mol. The molecule has 5 nitrogen and oxygen atoms in total. The fraction of sp³-hybridized carbons (Fsp3) is 0.240. The molecule has 0 saturated carbocycles. The molecule has 1 aromatic heterocycles. The largest absolute Gasteiger partial charge is 0.490 e. The van der Waals surface area contributed by atoms with Crippen molar-refractivity contribution in [1.82, 2.24) is 15.3 Å². The zero-order valence-electron chi connectivity index (χ0n) is 17.8. The maximum absolute atomic E-state index is 13.1. The molecular weight excluding hydrogens is 473 g/mol. The first-order chi connectivity index (χ1) is 15.6. The van der Waals surface area contributed by atoms with Crippen LogP contribution in [0.15, 0.2) is 65.1 Å². The maximum atomic E-state index is 13.1. The standard InChI is InChI=1S/C25H25BrFN3O2/c1-2-31-23-14-18(13-20(26)25(23)32-16-17-7-9-19(27)10-8-17)15-28-12-11-24-29-21-5-3-4-6-22(21)30-24/h3-10,13-14,28H,2,11-12,15-16H2,1H3,(H,29,30). The third-order valence-electron chi connectivity index (χ3n) is 4.97.